The summed E-state index contributed by atoms with van der Waals surface area (Å²) in [7, 11) is 1.92. The zero-order chi connectivity index (χ0) is 13.8. The molecule has 0 saturated carbocycles. The van der Waals surface area contributed by atoms with Crippen molar-refractivity contribution in [2.45, 2.75) is 25.4 Å². The number of imidazole rings is 1. The lowest BCUT2D eigenvalue weighted by molar-refractivity contribution is 0.164. The first kappa shape index (κ1) is 14.0. The number of hydrogen-bond acceptors (Lipinski definition) is 2. The smallest absolute Gasteiger partial charge is 0.124 e. The van der Waals surface area contributed by atoms with Gasteiger partial charge in [0.25, 0.3) is 0 Å². The van der Waals surface area contributed by atoms with E-state index in [0.717, 1.165) is 11.4 Å². The predicted molar refractivity (Wildman–Crippen MR) is 72.6 cm³/mol. The monoisotopic (exact) mass is 282 g/mol. The van der Waals surface area contributed by atoms with Gasteiger partial charge in [-0.2, -0.15) is 0 Å². The standard InChI is InChI=1S/C14H16ClFN2O/c1-18-7-6-17-14(18)5-4-12(19)8-10-2-3-11(16)9-13(10)15/h2-3,6-7,9,12,19H,4-5,8H2,1H3. The molecule has 1 N–H and O–H groups in total. The van der Waals surface area contributed by atoms with E-state index in [-0.39, 0.29) is 5.82 Å². The summed E-state index contributed by atoms with van der Waals surface area (Å²) in [6, 6.07) is 4.23. The summed E-state index contributed by atoms with van der Waals surface area (Å²) in [5, 5.41) is 10.4. The molecule has 1 aromatic carbocycles. The Morgan fingerprint density at radius 1 is 1.47 bits per heavy atom. The Balaban J connectivity index is 1.90. The van der Waals surface area contributed by atoms with E-state index in [1.807, 2.05) is 17.8 Å². The average molecular weight is 283 g/mol. The molecule has 1 unspecified atom stereocenters. The molecule has 0 radical (unpaired) electrons. The Labute approximate surface area is 116 Å². The molecule has 2 aromatic rings. The van der Waals surface area contributed by atoms with Gasteiger partial charge in [0, 0.05) is 30.9 Å². The van der Waals surface area contributed by atoms with Crippen LogP contribution >= 0.6 is 11.6 Å². The third kappa shape index (κ3) is 3.78. The number of nitrogens with zero attached hydrogens (tertiary/aromatic N) is 2. The van der Waals surface area contributed by atoms with E-state index in [0.29, 0.717) is 24.3 Å². The fourth-order valence-corrected chi connectivity index (χ4v) is 2.22. The van der Waals surface area contributed by atoms with Crippen LogP contribution in [-0.4, -0.2) is 20.8 Å². The maximum absolute atomic E-state index is 12.9. The fraction of sp³-hybridized carbons (Fsp3) is 0.357. The number of benzene rings is 1. The van der Waals surface area contributed by atoms with Crippen molar-refractivity contribution in [1.82, 2.24) is 9.55 Å². The number of aryl methyl sites for hydroxylation is 2. The molecule has 1 heterocycles. The predicted octanol–water partition coefficient (Wildman–Crippen LogP) is 2.75. The Kier molecular flexibility index (Phi) is 4.56. The molecule has 1 aromatic heterocycles. The number of halogens is 2. The van der Waals surface area contributed by atoms with Crippen LogP contribution < -0.4 is 0 Å². The second-order valence-electron chi connectivity index (χ2n) is 4.59. The first-order valence-electron chi connectivity index (χ1n) is 6.14. The lowest BCUT2D eigenvalue weighted by Gasteiger charge is -2.11. The van der Waals surface area contributed by atoms with E-state index >= 15 is 0 Å². The minimum atomic E-state index is -0.514. The molecule has 1 atom stereocenters. The lowest BCUT2D eigenvalue weighted by atomic mass is 10.0. The van der Waals surface area contributed by atoms with Crippen LogP contribution in [0.5, 0.6) is 0 Å². The van der Waals surface area contributed by atoms with Crippen LogP contribution in [0.15, 0.2) is 30.6 Å². The topological polar surface area (TPSA) is 38.0 Å². The van der Waals surface area contributed by atoms with Gasteiger partial charge in [0.05, 0.1) is 6.10 Å². The first-order chi connectivity index (χ1) is 9.06. The van der Waals surface area contributed by atoms with Crippen molar-refractivity contribution >= 4 is 11.6 Å². The highest BCUT2D eigenvalue weighted by molar-refractivity contribution is 6.31. The second kappa shape index (κ2) is 6.17. The zero-order valence-corrected chi connectivity index (χ0v) is 11.4. The lowest BCUT2D eigenvalue weighted by Crippen LogP contribution is -2.13. The van der Waals surface area contributed by atoms with Crippen molar-refractivity contribution in [3.63, 3.8) is 0 Å². The Morgan fingerprint density at radius 2 is 2.26 bits per heavy atom. The van der Waals surface area contributed by atoms with Crippen molar-refractivity contribution in [3.05, 3.63) is 52.8 Å². The van der Waals surface area contributed by atoms with Crippen LogP contribution in [0.4, 0.5) is 4.39 Å². The van der Waals surface area contributed by atoms with Crippen molar-refractivity contribution in [3.8, 4) is 0 Å². The van der Waals surface area contributed by atoms with Gasteiger partial charge in [0.15, 0.2) is 0 Å². The van der Waals surface area contributed by atoms with Gasteiger partial charge in [-0.05, 0) is 30.5 Å². The SMILES string of the molecule is Cn1ccnc1CCC(O)Cc1ccc(F)cc1Cl. The minimum absolute atomic E-state index is 0.357. The van der Waals surface area contributed by atoms with E-state index in [1.54, 1.807) is 12.3 Å². The van der Waals surface area contributed by atoms with E-state index in [2.05, 4.69) is 4.98 Å². The molecular formula is C14H16ClFN2O. The van der Waals surface area contributed by atoms with E-state index in [1.165, 1.54) is 12.1 Å². The van der Waals surface area contributed by atoms with Gasteiger partial charge in [-0.3, -0.25) is 0 Å². The number of aromatic nitrogens is 2. The van der Waals surface area contributed by atoms with Crippen LogP contribution in [0.1, 0.15) is 17.8 Å². The third-order valence-corrected chi connectivity index (χ3v) is 3.44. The molecule has 0 aliphatic carbocycles. The van der Waals surface area contributed by atoms with Gasteiger partial charge in [0.1, 0.15) is 11.6 Å². The summed E-state index contributed by atoms with van der Waals surface area (Å²) >= 11 is 5.93. The Bertz CT molecular complexity index is 556. The van der Waals surface area contributed by atoms with Crippen molar-refractivity contribution in [1.29, 1.82) is 0 Å². The molecule has 0 saturated heterocycles. The van der Waals surface area contributed by atoms with Crippen molar-refractivity contribution in [2.75, 3.05) is 0 Å². The molecular weight excluding hydrogens is 267 g/mol. The summed E-state index contributed by atoms with van der Waals surface area (Å²) in [5.41, 5.74) is 0.760. The number of aliphatic hydroxyl groups excluding tert-OH is 1. The van der Waals surface area contributed by atoms with Crippen LogP contribution in [0.2, 0.25) is 5.02 Å². The van der Waals surface area contributed by atoms with Crippen LogP contribution in [0.25, 0.3) is 0 Å². The Morgan fingerprint density at radius 3 is 2.89 bits per heavy atom. The molecule has 0 spiro atoms. The maximum Gasteiger partial charge on any atom is 0.124 e. The summed E-state index contributed by atoms with van der Waals surface area (Å²) in [6.45, 7) is 0. The van der Waals surface area contributed by atoms with E-state index in [9.17, 15) is 9.50 Å². The fourth-order valence-electron chi connectivity index (χ4n) is 1.98. The molecule has 102 valence electrons. The van der Waals surface area contributed by atoms with Gasteiger partial charge < -0.3 is 9.67 Å². The van der Waals surface area contributed by atoms with Gasteiger partial charge in [-0.15, -0.1) is 0 Å². The minimum Gasteiger partial charge on any atom is -0.393 e. The normalized spacial score (nSPS) is 12.6. The third-order valence-electron chi connectivity index (χ3n) is 3.09. The van der Waals surface area contributed by atoms with Gasteiger partial charge >= 0.3 is 0 Å². The quantitative estimate of drug-likeness (QED) is 0.916. The molecule has 0 aliphatic heterocycles. The number of hydrogen-bond donors (Lipinski definition) is 1. The Hall–Kier alpha value is -1.39. The number of aliphatic hydroxyl groups is 1. The van der Waals surface area contributed by atoms with Gasteiger partial charge in [-0.1, -0.05) is 17.7 Å². The molecule has 2 rings (SSSR count). The summed E-state index contributed by atoms with van der Waals surface area (Å²) in [6.07, 6.45) is 4.81. The highest BCUT2D eigenvalue weighted by Crippen LogP contribution is 2.19. The van der Waals surface area contributed by atoms with Crippen LogP contribution in [0.3, 0.4) is 0 Å². The molecule has 0 fully saturated rings. The molecule has 5 heteroatoms. The van der Waals surface area contributed by atoms with Crippen LogP contribution in [0, 0.1) is 5.82 Å². The van der Waals surface area contributed by atoms with Gasteiger partial charge in [-0.25, -0.2) is 9.37 Å². The van der Waals surface area contributed by atoms with Crippen LogP contribution in [-0.2, 0) is 19.9 Å². The molecule has 0 amide bonds. The highest BCUT2D eigenvalue weighted by atomic mass is 35.5. The summed E-state index contributed by atoms with van der Waals surface area (Å²) < 4.78 is 14.8. The van der Waals surface area contributed by atoms with E-state index < -0.39 is 6.10 Å². The second-order valence-corrected chi connectivity index (χ2v) is 4.99. The number of rotatable bonds is 5. The molecule has 3 nitrogen and oxygen atoms in total. The molecule has 19 heavy (non-hydrogen) atoms. The molecule has 0 aliphatic rings. The highest BCUT2D eigenvalue weighted by Gasteiger charge is 2.11. The van der Waals surface area contributed by atoms with Gasteiger partial charge in [0.2, 0.25) is 0 Å². The van der Waals surface area contributed by atoms with E-state index in [4.69, 9.17) is 11.6 Å². The summed E-state index contributed by atoms with van der Waals surface area (Å²) in [5.74, 6) is 0.570. The average Bonchev–Trinajstić information content (AvgIpc) is 2.76. The first-order valence-corrected chi connectivity index (χ1v) is 6.52. The van der Waals surface area contributed by atoms with Crippen molar-refractivity contribution < 1.29 is 9.50 Å². The molecule has 0 bridgehead atoms. The maximum atomic E-state index is 12.9. The van der Waals surface area contributed by atoms with Crippen molar-refractivity contribution in [2.24, 2.45) is 7.05 Å². The largest absolute Gasteiger partial charge is 0.393 e. The zero-order valence-electron chi connectivity index (χ0n) is 10.7. The summed E-state index contributed by atoms with van der Waals surface area (Å²) in [4.78, 5) is 4.20.